The summed E-state index contributed by atoms with van der Waals surface area (Å²) < 4.78 is 4.73. The average molecular weight is 299 g/mol. The third-order valence-corrected chi connectivity index (χ3v) is 4.17. The molecule has 0 unspecified atom stereocenters. The van der Waals surface area contributed by atoms with Gasteiger partial charge in [0.15, 0.2) is 0 Å². The van der Waals surface area contributed by atoms with Crippen molar-refractivity contribution >= 4 is 22.6 Å². The highest BCUT2D eigenvalue weighted by atomic mass is 16.5. The van der Waals surface area contributed by atoms with E-state index in [0.29, 0.717) is 6.54 Å². The van der Waals surface area contributed by atoms with Gasteiger partial charge >= 0.3 is 5.97 Å². The van der Waals surface area contributed by atoms with Gasteiger partial charge in [0.1, 0.15) is 0 Å². The van der Waals surface area contributed by atoms with Crippen LogP contribution < -0.4 is 4.90 Å². The van der Waals surface area contributed by atoms with Crippen LogP contribution in [0.5, 0.6) is 0 Å². The minimum Gasteiger partial charge on any atom is -0.468 e. The number of piperazine rings is 1. The number of aryl methyl sites for hydroxylation is 1. The van der Waals surface area contributed by atoms with Gasteiger partial charge in [0.05, 0.1) is 19.2 Å². The molecule has 1 saturated heterocycles. The number of methoxy groups -OCH3 is 1. The van der Waals surface area contributed by atoms with Gasteiger partial charge in [-0.3, -0.25) is 14.7 Å². The van der Waals surface area contributed by atoms with E-state index in [1.54, 1.807) is 0 Å². The van der Waals surface area contributed by atoms with E-state index in [1.165, 1.54) is 23.7 Å². The maximum atomic E-state index is 11.4. The minimum absolute atomic E-state index is 0.168. The molecule has 2 aromatic rings. The van der Waals surface area contributed by atoms with Gasteiger partial charge in [-0.25, -0.2) is 0 Å². The molecule has 0 N–H and O–H groups in total. The number of hydrogen-bond acceptors (Lipinski definition) is 5. The summed E-state index contributed by atoms with van der Waals surface area (Å²) >= 11 is 0. The van der Waals surface area contributed by atoms with Crippen molar-refractivity contribution in [1.82, 2.24) is 9.88 Å². The zero-order valence-electron chi connectivity index (χ0n) is 13.1. The van der Waals surface area contributed by atoms with Crippen molar-refractivity contribution in [1.29, 1.82) is 0 Å². The number of carbonyl (C=O) groups is 1. The quantitative estimate of drug-likeness (QED) is 0.809. The molecule has 0 aliphatic carbocycles. The molecule has 0 amide bonds. The van der Waals surface area contributed by atoms with Gasteiger partial charge < -0.3 is 9.64 Å². The fraction of sp³-hybridized carbons (Fsp3) is 0.412. The predicted octanol–water partition coefficient (Wildman–Crippen LogP) is 1.84. The zero-order chi connectivity index (χ0) is 15.5. The first kappa shape index (κ1) is 14.8. The molecule has 0 spiro atoms. The van der Waals surface area contributed by atoms with E-state index in [9.17, 15) is 4.79 Å². The molecule has 22 heavy (non-hydrogen) atoms. The lowest BCUT2D eigenvalue weighted by molar-refractivity contribution is -0.142. The van der Waals surface area contributed by atoms with Crippen LogP contribution in [0, 0.1) is 6.92 Å². The Labute approximate surface area is 130 Å². The van der Waals surface area contributed by atoms with Crippen molar-refractivity contribution in [2.75, 3.05) is 44.7 Å². The van der Waals surface area contributed by atoms with E-state index >= 15 is 0 Å². The third kappa shape index (κ3) is 3.04. The highest BCUT2D eigenvalue weighted by Gasteiger charge is 2.20. The fourth-order valence-corrected chi connectivity index (χ4v) is 2.92. The molecule has 0 bridgehead atoms. The Morgan fingerprint density at radius 2 is 2.00 bits per heavy atom. The lowest BCUT2D eigenvalue weighted by Crippen LogP contribution is -2.48. The SMILES string of the molecule is COC(=O)CN1CCN(c2ccnc3ccc(C)cc23)CC1. The smallest absolute Gasteiger partial charge is 0.319 e. The maximum absolute atomic E-state index is 11.4. The molecule has 5 nitrogen and oxygen atoms in total. The van der Waals surface area contributed by atoms with Crippen molar-refractivity contribution < 1.29 is 9.53 Å². The first-order chi connectivity index (χ1) is 10.7. The number of aromatic nitrogens is 1. The Morgan fingerprint density at radius 1 is 1.23 bits per heavy atom. The van der Waals surface area contributed by atoms with Crippen LogP contribution in [-0.4, -0.2) is 55.7 Å². The van der Waals surface area contributed by atoms with E-state index in [2.05, 4.69) is 46.0 Å². The van der Waals surface area contributed by atoms with E-state index in [1.807, 2.05) is 6.20 Å². The Kier molecular flexibility index (Phi) is 4.24. The van der Waals surface area contributed by atoms with Crippen LogP contribution in [0.4, 0.5) is 5.69 Å². The lowest BCUT2D eigenvalue weighted by Gasteiger charge is -2.36. The zero-order valence-corrected chi connectivity index (χ0v) is 13.1. The molecular formula is C17H21N3O2. The fourth-order valence-electron chi connectivity index (χ4n) is 2.92. The highest BCUT2D eigenvalue weighted by Crippen LogP contribution is 2.27. The summed E-state index contributed by atoms with van der Waals surface area (Å²) in [7, 11) is 1.43. The number of nitrogens with zero attached hydrogens (tertiary/aromatic N) is 3. The maximum Gasteiger partial charge on any atom is 0.319 e. The molecule has 3 rings (SSSR count). The number of hydrogen-bond donors (Lipinski definition) is 0. The Balaban J connectivity index is 1.76. The monoisotopic (exact) mass is 299 g/mol. The largest absolute Gasteiger partial charge is 0.468 e. The van der Waals surface area contributed by atoms with Gasteiger partial charge in [-0.2, -0.15) is 0 Å². The number of benzene rings is 1. The standard InChI is InChI=1S/C17H21N3O2/c1-13-3-4-15-14(11-13)16(5-6-18-15)20-9-7-19(8-10-20)12-17(21)22-2/h3-6,11H,7-10,12H2,1-2H3. The van der Waals surface area contributed by atoms with Crippen molar-refractivity contribution in [2.24, 2.45) is 0 Å². The van der Waals surface area contributed by atoms with E-state index in [4.69, 9.17) is 4.74 Å². The second-order valence-electron chi connectivity index (χ2n) is 5.69. The number of esters is 1. The normalized spacial score (nSPS) is 16.0. The van der Waals surface area contributed by atoms with Crippen LogP contribution in [-0.2, 0) is 9.53 Å². The number of rotatable bonds is 3. The number of ether oxygens (including phenoxy) is 1. The molecule has 1 aliphatic heterocycles. The van der Waals surface area contributed by atoms with Crippen molar-refractivity contribution in [3.8, 4) is 0 Å². The molecule has 2 heterocycles. The number of carbonyl (C=O) groups excluding carboxylic acids is 1. The molecule has 0 radical (unpaired) electrons. The van der Waals surface area contributed by atoms with Crippen molar-refractivity contribution in [3.63, 3.8) is 0 Å². The van der Waals surface area contributed by atoms with Crippen LogP contribution >= 0.6 is 0 Å². The molecule has 1 fully saturated rings. The topological polar surface area (TPSA) is 45.7 Å². The molecular weight excluding hydrogens is 278 g/mol. The number of anilines is 1. The number of pyridine rings is 1. The second-order valence-corrected chi connectivity index (χ2v) is 5.69. The van der Waals surface area contributed by atoms with Gasteiger partial charge in [-0.1, -0.05) is 11.6 Å². The Bertz CT molecular complexity index is 679. The van der Waals surface area contributed by atoms with Gasteiger partial charge in [0, 0.05) is 43.4 Å². The van der Waals surface area contributed by atoms with Crippen LogP contribution in [0.15, 0.2) is 30.5 Å². The first-order valence-electron chi connectivity index (χ1n) is 7.57. The summed E-state index contributed by atoms with van der Waals surface area (Å²) in [6.45, 7) is 6.02. The van der Waals surface area contributed by atoms with Crippen molar-refractivity contribution in [2.45, 2.75) is 6.92 Å². The highest BCUT2D eigenvalue weighted by molar-refractivity contribution is 5.92. The first-order valence-corrected chi connectivity index (χ1v) is 7.57. The Hall–Kier alpha value is -2.14. The van der Waals surface area contributed by atoms with E-state index in [-0.39, 0.29) is 5.97 Å². The van der Waals surface area contributed by atoms with E-state index in [0.717, 1.165) is 31.7 Å². The molecule has 0 saturated carbocycles. The van der Waals surface area contributed by atoms with Crippen LogP contribution in [0.3, 0.4) is 0 Å². The third-order valence-electron chi connectivity index (χ3n) is 4.17. The molecule has 1 aliphatic rings. The second kappa shape index (κ2) is 6.32. The van der Waals surface area contributed by atoms with Crippen LogP contribution in [0.2, 0.25) is 0 Å². The Morgan fingerprint density at radius 3 is 2.73 bits per heavy atom. The molecule has 1 aromatic carbocycles. The molecule has 5 heteroatoms. The molecule has 1 aromatic heterocycles. The van der Waals surface area contributed by atoms with Gasteiger partial charge in [0.2, 0.25) is 0 Å². The summed E-state index contributed by atoms with van der Waals surface area (Å²) in [5.41, 5.74) is 3.50. The lowest BCUT2D eigenvalue weighted by atomic mass is 10.1. The summed E-state index contributed by atoms with van der Waals surface area (Å²) in [5.74, 6) is -0.168. The van der Waals surface area contributed by atoms with Crippen LogP contribution in [0.1, 0.15) is 5.56 Å². The van der Waals surface area contributed by atoms with Gasteiger partial charge in [0.25, 0.3) is 0 Å². The molecule has 116 valence electrons. The average Bonchev–Trinajstić information content (AvgIpc) is 2.55. The summed E-state index contributed by atoms with van der Waals surface area (Å²) in [6.07, 6.45) is 1.87. The van der Waals surface area contributed by atoms with Crippen molar-refractivity contribution in [3.05, 3.63) is 36.0 Å². The van der Waals surface area contributed by atoms with E-state index < -0.39 is 0 Å². The predicted molar refractivity (Wildman–Crippen MR) is 87.1 cm³/mol. The molecule has 0 atom stereocenters. The minimum atomic E-state index is -0.168. The number of fused-ring (bicyclic) bond motifs is 1. The van der Waals surface area contributed by atoms with Crippen LogP contribution in [0.25, 0.3) is 10.9 Å². The van der Waals surface area contributed by atoms with Gasteiger partial charge in [-0.15, -0.1) is 0 Å². The summed E-state index contributed by atoms with van der Waals surface area (Å²) in [4.78, 5) is 20.3. The summed E-state index contributed by atoms with van der Waals surface area (Å²) in [5, 5.41) is 1.20. The summed E-state index contributed by atoms with van der Waals surface area (Å²) in [6, 6.07) is 8.44. The van der Waals surface area contributed by atoms with Gasteiger partial charge in [-0.05, 0) is 25.1 Å².